The zero-order chi connectivity index (χ0) is 21.8. The SMILES string of the molecule is Cn1c(=O)c2c(ncn2CCCC(=O)OCC(=O)Nc2cccc(F)c2)n(C)c1=O. The quantitative estimate of drug-likeness (QED) is 0.561. The van der Waals surface area contributed by atoms with Crippen LogP contribution in [-0.4, -0.2) is 37.2 Å². The summed E-state index contributed by atoms with van der Waals surface area (Å²) in [6, 6.07) is 5.35. The maximum absolute atomic E-state index is 13.1. The minimum atomic E-state index is -0.589. The van der Waals surface area contributed by atoms with Gasteiger partial charge >= 0.3 is 11.7 Å². The molecular formula is C19H20FN5O5. The third-order valence-corrected chi connectivity index (χ3v) is 4.47. The van der Waals surface area contributed by atoms with Crippen molar-refractivity contribution < 1.29 is 18.7 Å². The highest BCUT2D eigenvalue weighted by atomic mass is 19.1. The van der Waals surface area contributed by atoms with Gasteiger partial charge in [-0.05, 0) is 24.6 Å². The normalized spacial score (nSPS) is 10.9. The van der Waals surface area contributed by atoms with Crippen LogP contribution in [0, 0.1) is 5.82 Å². The van der Waals surface area contributed by atoms with E-state index in [-0.39, 0.29) is 23.3 Å². The van der Waals surface area contributed by atoms with Gasteiger partial charge in [-0.1, -0.05) is 6.07 Å². The summed E-state index contributed by atoms with van der Waals surface area (Å²) in [5.41, 5.74) is -0.152. The van der Waals surface area contributed by atoms with Gasteiger partial charge in [-0.2, -0.15) is 0 Å². The molecule has 1 N–H and O–H groups in total. The molecule has 0 bridgehead atoms. The van der Waals surface area contributed by atoms with Gasteiger partial charge in [-0.25, -0.2) is 14.2 Å². The Kier molecular flexibility index (Phi) is 6.09. The van der Waals surface area contributed by atoms with Gasteiger partial charge in [0, 0.05) is 32.7 Å². The first-order valence-electron chi connectivity index (χ1n) is 9.10. The minimum absolute atomic E-state index is 0.0129. The first-order valence-corrected chi connectivity index (χ1v) is 9.10. The van der Waals surface area contributed by atoms with Gasteiger partial charge in [-0.3, -0.25) is 23.5 Å². The van der Waals surface area contributed by atoms with E-state index in [0.717, 1.165) is 10.6 Å². The number of nitrogens with one attached hydrogen (secondary N) is 1. The molecule has 0 aliphatic carbocycles. The molecule has 2 aromatic heterocycles. The number of aryl methyl sites for hydroxylation is 2. The Labute approximate surface area is 169 Å². The predicted octanol–water partition coefficient (Wildman–Crippen LogP) is 0.535. The molecule has 0 radical (unpaired) electrons. The number of rotatable bonds is 7. The molecule has 0 saturated heterocycles. The zero-order valence-electron chi connectivity index (χ0n) is 16.4. The van der Waals surface area contributed by atoms with Gasteiger partial charge < -0.3 is 14.6 Å². The summed E-state index contributed by atoms with van der Waals surface area (Å²) in [7, 11) is 2.90. The number of esters is 1. The second-order valence-corrected chi connectivity index (χ2v) is 6.64. The van der Waals surface area contributed by atoms with E-state index in [0.29, 0.717) is 13.0 Å². The van der Waals surface area contributed by atoms with E-state index < -0.39 is 35.5 Å². The topological polar surface area (TPSA) is 117 Å². The van der Waals surface area contributed by atoms with Crippen LogP contribution in [0.3, 0.4) is 0 Å². The van der Waals surface area contributed by atoms with Crippen LogP contribution in [0.2, 0.25) is 0 Å². The highest BCUT2D eigenvalue weighted by Crippen LogP contribution is 2.09. The maximum atomic E-state index is 13.1. The number of ether oxygens (including phenoxy) is 1. The minimum Gasteiger partial charge on any atom is -0.456 e. The summed E-state index contributed by atoms with van der Waals surface area (Å²) >= 11 is 0. The summed E-state index contributed by atoms with van der Waals surface area (Å²) in [5.74, 6) is -1.67. The Balaban J connectivity index is 1.52. The van der Waals surface area contributed by atoms with Crippen molar-refractivity contribution in [2.45, 2.75) is 19.4 Å². The fourth-order valence-electron chi connectivity index (χ4n) is 2.94. The fraction of sp³-hybridized carbons (Fsp3) is 0.316. The lowest BCUT2D eigenvalue weighted by molar-refractivity contribution is -0.147. The standard InChI is InChI=1S/C19H20FN5O5/c1-23-17-16(18(28)24(2)19(23)29)25(11-21-17)8-4-7-15(27)30-10-14(26)22-13-6-3-5-12(20)9-13/h3,5-6,9,11H,4,7-8,10H2,1-2H3,(H,22,26). The van der Waals surface area contributed by atoms with Gasteiger partial charge in [0.25, 0.3) is 11.5 Å². The molecule has 10 nitrogen and oxygen atoms in total. The van der Waals surface area contributed by atoms with Crippen LogP contribution in [0.15, 0.2) is 40.2 Å². The molecule has 158 valence electrons. The Hall–Kier alpha value is -3.76. The van der Waals surface area contributed by atoms with E-state index >= 15 is 0 Å². The fourth-order valence-corrected chi connectivity index (χ4v) is 2.94. The van der Waals surface area contributed by atoms with E-state index in [9.17, 15) is 23.6 Å². The average Bonchev–Trinajstić information content (AvgIpc) is 3.13. The van der Waals surface area contributed by atoms with Gasteiger partial charge in [0.1, 0.15) is 5.82 Å². The first kappa shape index (κ1) is 21.0. The van der Waals surface area contributed by atoms with E-state index in [1.54, 1.807) is 4.57 Å². The predicted molar refractivity (Wildman–Crippen MR) is 105 cm³/mol. The number of carbonyl (C=O) groups is 2. The van der Waals surface area contributed by atoms with Crippen molar-refractivity contribution in [2.75, 3.05) is 11.9 Å². The van der Waals surface area contributed by atoms with Crippen LogP contribution in [0.1, 0.15) is 12.8 Å². The van der Waals surface area contributed by atoms with Crippen molar-refractivity contribution in [2.24, 2.45) is 14.1 Å². The Bertz CT molecular complexity index is 1230. The number of fused-ring (bicyclic) bond motifs is 1. The molecule has 1 amide bonds. The number of benzene rings is 1. The van der Waals surface area contributed by atoms with Crippen molar-refractivity contribution in [1.82, 2.24) is 18.7 Å². The number of nitrogens with zero attached hydrogens (tertiary/aromatic N) is 4. The van der Waals surface area contributed by atoms with Crippen LogP contribution < -0.4 is 16.6 Å². The molecule has 2 heterocycles. The van der Waals surface area contributed by atoms with Gasteiger partial charge in [-0.15, -0.1) is 0 Å². The lowest BCUT2D eigenvalue weighted by Gasteiger charge is -2.08. The number of halogens is 1. The van der Waals surface area contributed by atoms with E-state index in [1.165, 1.54) is 43.2 Å². The lowest BCUT2D eigenvalue weighted by atomic mass is 10.3. The molecule has 30 heavy (non-hydrogen) atoms. The average molecular weight is 417 g/mol. The third kappa shape index (κ3) is 4.45. The number of anilines is 1. The van der Waals surface area contributed by atoms with Crippen LogP contribution in [0.4, 0.5) is 10.1 Å². The molecule has 3 aromatic rings. The molecule has 0 fully saturated rings. The molecule has 0 spiro atoms. The molecule has 1 aromatic carbocycles. The van der Waals surface area contributed by atoms with Crippen molar-refractivity contribution in [3.63, 3.8) is 0 Å². The molecule has 0 aliphatic heterocycles. The van der Waals surface area contributed by atoms with Crippen molar-refractivity contribution in [3.8, 4) is 0 Å². The van der Waals surface area contributed by atoms with Crippen molar-refractivity contribution in [1.29, 1.82) is 0 Å². The zero-order valence-corrected chi connectivity index (χ0v) is 16.4. The molecule has 11 heteroatoms. The second-order valence-electron chi connectivity index (χ2n) is 6.64. The van der Waals surface area contributed by atoms with Gasteiger partial charge in [0.2, 0.25) is 0 Å². The Morgan fingerprint density at radius 3 is 2.70 bits per heavy atom. The van der Waals surface area contributed by atoms with E-state index in [4.69, 9.17) is 4.74 Å². The molecule has 0 unspecified atom stereocenters. The highest BCUT2D eigenvalue weighted by Gasteiger charge is 2.15. The third-order valence-electron chi connectivity index (χ3n) is 4.47. The van der Waals surface area contributed by atoms with Gasteiger partial charge in [0.15, 0.2) is 17.8 Å². The molecular weight excluding hydrogens is 397 g/mol. The smallest absolute Gasteiger partial charge is 0.332 e. The Morgan fingerprint density at radius 2 is 1.97 bits per heavy atom. The van der Waals surface area contributed by atoms with Gasteiger partial charge in [0.05, 0.1) is 6.33 Å². The molecule has 3 rings (SSSR count). The van der Waals surface area contributed by atoms with Crippen LogP contribution >= 0.6 is 0 Å². The molecule has 0 atom stereocenters. The van der Waals surface area contributed by atoms with E-state index in [2.05, 4.69) is 10.3 Å². The monoisotopic (exact) mass is 417 g/mol. The van der Waals surface area contributed by atoms with Crippen LogP contribution in [0.5, 0.6) is 0 Å². The number of imidazole rings is 1. The van der Waals surface area contributed by atoms with Crippen molar-refractivity contribution >= 4 is 28.7 Å². The Morgan fingerprint density at radius 1 is 1.20 bits per heavy atom. The summed E-state index contributed by atoms with van der Waals surface area (Å²) in [6.45, 7) is -0.194. The number of amides is 1. The van der Waals surface area contributed by atoms with Crippen LogP contribution in [0.25, 0.3) is 11.2 Å². The summed E-state index contributed by atoms with van der Waals surface area (Å²) in [5, 5.41) is 2.42. The highest BCUT2D eigenvalue weighted by molar-refractivity contribution is 5.92. The molecule has 0 aliphatic rings. The number of hydrogen-bond donors (Lipinski definition) is 1. The lowest BCUT2D eigenvalue weighted by Crippen LogP contribution is -2.37. The number of hydrogen-bond acceptors (Lipinski definition) is 6. The second kappa shape index (κ2) is 8.72. The summed E-state index contributed by atoms with van der Waals surface area (Å²) < 4.78 is 21.8. The first-order chi connectivity index (χ1) is 14.3. The maximum Gasteiger partial charge on any atom is 0.332 e. The van der Waals surface area contributed by atoms with Crippen LogP contribution in [-0.2, 0) is 35.0 Å². The largest absolute Gasteiger partial charge is 0.456 e. The summed E-state index contributed by atoms with van der Waals surface area (Å²) in [4.78, 5) is 52.0. The number of carbonyl (C=O) groups excluding carboxylic acids is 2. The number of aromatic nitrogens is 4. The van der Waals surface area contributed by atoms with Crippen molar-refractivity contribution in [3.05, 3.63) is 57.2 Å². The van der Waals surface area contributed by atoms with E-state index in [1.807, 2.05) is 0 Å². The molecule has 0 saturated carbocycles. The summed E-state index contributed by atoms with van der Waals surface area (Å²) in [6.07, 6.45) is 1.78.